The number of pyridine rings is 1. The van der Waals surface area contributed by atoms with E-state index in [1.54, 1.807) is 11.8 Å². The average Bonchev–Trinajstić information content (AvgIpc) is 2.87. The van der Waals surface area contributed by atoms with Crippen LogP contribution in [0, 0.1) is 0 Å². The lowest BCUT2D eigenvalue weighted by Crippen LogP contribution is -2.36. The van der Waals surface area contributed by atoms with Gasteiger partial charge in [0, 0.05) is 43.8 Å². The quantitative estimate of drug-likeness (QED) is 0.784. The zero-order chi connectivity index (χ0) is 16.6. The van der Waals surface area contributed by atoms with Gasteiger partial charge in [-0.2, -0.15) is 0 Å². The molecule has 2 aromatic rings. The molecule has 1 amide bonds. The van der Waals surface area contributed by atoms with Gasteiger partial charge in [-0.25, -0.2) is 0 Å². The van der Waals surface area contributed by atoms with Crippen molar-refractivity contribution < 1.29 is 4.79 Å². The highest BCUT2D eigenvalue weighted by Gasteiger charge is 2.19. The molecular formula is C19H23N3OS. The van der Waals surface area contributed by atoms with E-state index in [9.17, 15) is 4.79 Å². The summed E-state index contributed by atoms with van der Waals surface area (Å²) in [6, 6.07) is 16.1. The van der Waals surface area contributed by atoms with Crippen LogP contribution in [0.4, 0.5) is 0 Å². The molecule has 0 spiro atoms. The molecule has 4 nitrogen and oxygen atoms in total. The van der Waals surface area contributed by atoms with Crippen LogP contribution in [0.1, 0.15) is 12.1 Å². The highest BCUT2D eigenvalue weighted by Crippen LogP contribution is 2.18. The second kappa shape index (κ2) is 8.85. The number of hydrogen-bond acceptors (Lipinski definition) is 4. The number of amides is 1. The number of nitrogens with zero attached hydrogens (tertiary/aromatic N) is 3. The topological polar surface area (TPSA) is 36.4 Å². The molecule has 5 heteroatoms. The molecule has 1 fully saturated rings. The number of carbonyl (C=O) groups excluding carboxylic acids is 1. The Morgan fingerprint density at radius 2 is 1.83 bits per heavy atom. The number of benzene rings is 1. The number of rotatable bonds is 5. The largest absolute Gasteiger partial charge is 0.341 e. The molecule has 0 N–H and O–H groups in total. The molecule has 0 atom stereocenters. The summed E-state index contributed by atoms with van der Waals surface area (Å²) in [5.74, 6) is 0.757. The Morgan fingerprint density at radius 1 is 1.00 bits per heavy atom. The Morgan fingerprint density at radius 3 is 2.62 bits per heavy atom. The molecule has 0 unspecified atom stereocenters. The first-order chi connectivity index (χ1) is 11.8. The minimum Gasteiger partial charge on any atom is -0.341 e. The van der Waals surface area contributed by atoms with Crippen LogP contribution in [0.25, 0.3) is 0 Å². The first kappa shape index (κ1) is 17.0. The van der Waals surface area contributed by atoms with Gasteiger partial charge >= 0.3 is 0 Å². The number of carbonyl (C=O) groups is 1. The van der Waals surface area contributed by atoms with Gasteiger partial charge in [0.1, 0.15) is 0 Å². The van der Waals surface area contributed by atoms with Crippen LogP contribution >= 0.6 is 11.8 Å². The van der Waals surface area contributed by atoms with E-state index in [0.29, 0.717) is 5.75 Å². The lowest BCUT2D eigenvalue weighted by Gasteiger charge is -2.21. The molecule has 2 heterocycles. The summed E-state index contributed by atoms with van der Waals surface area (Å²) in [4.78, 5) is 22.4. The third kappa shape index (κ3) is 5.08. The SMILES string of the molecule is O=C(CSc1ccccc1)N1CCCN(Cc2ccccn2)CC1. The second-order valence-electron chi connectivity index (χ2n) is 5.93. The molecule has 1 saturated heterocycles. The van der Waals surface area contributed by atoms with Crippen LogP contribution in [0.15, 0.2) is 59.6 Å². The Labute approximate surface area is 147 Å². The van der Waals surface area contributed by atoms with E-state index in [1.165, 1.54) is 0 Å². The average molecular weight is 341 g/mol. The zero-order valence-corrected chi connectivity index (χ0v) is 14.6. The van der Waals surface area contributed by atoms with Gasteiger partial charge in [0.05, 0.1) is 11.4 Å². The highest BCUT2D eigenvalue weighted by atomic mass is 32.2. The summed E-state index contributed by atoms with van der Waals surface area (Å²) < 4.78 is 0. The van der Waals surface area contributed by atoms with E-state index in [-0.39, 0.29) is 5.91 Å². The zero-order valence-electron chi connectivity index (χ0n) is 13.8. The minimum atomic E-state index is 0.239. The van der Waals surface area contributed by atoms with Gasteiger partial charge in [-0.3, -0.25) is 14.7 Å². The summed E-state index contributed by atoms with van der Waals surface area (Å²) in [6.45, 7) is 4.46. The maximum atomic E-state index is 12.5. The maximum absolute atomic E-state index is 12.5. The van der Waals surface area contributed by atoms with Gasteiger partial charge in [-0.15, -0.1) is 11.8 Å². The van der Waals surface area contributed by atoms with E-state index in [4.69, 9.17) is 0 Å². The molecule has 0 bridgehead atoms. The van der Waals surface area contributed by atoms with Crippen molar-refractivity contribution in [1.29, 1.82) is 0 Å². The lowest BCUT2D eigenvalue weighted by atomic mass is 10.3. The van der Waals surface area contributed by atoms with E-state index in [1.807, 2.05) is 41.4 Å². The highest BCUT2D eigenvalue weighted by molar-refractivity contribution is 8.00. The molecule has 0 radical (unpaired) electrons. The van der Waals surface area contributed by atoms with Crippen LogP contribution in [-0.2, 0) is 11.3 Å². The lowest BCUT2D eigenvalue weighted by molar-refractivity contribution is -0.128. The summed E-state index contributed by atoms with van der Waals surface area (Å²) in [5, 5.41) is 0. The van der Waals surface area contributed by atoms with Crippen LogP contribution < -0.4 is 0 Å². The number of aromatic nitrogens is 1. The van der Waals surface area contributed by atoms with Crippen LogP contribution in [0.2, 0.25) is 0 Å². The summed E-state index contributed by atoms with van der Waals surface area (Å²) in [6.07, 6.45) is 2.86. The van der Waals surface area contributed by atoms with Crippen molar-refractivity contribution in [2.75, 3.05) is 31.9 Å². The van der Waals surface area contributed by atoms with Gasteiger partial charge in [-0.1, -0.05) is 24.3 Å². The van der Waals surface area contributed by atoms with Gasteiger partial charge in [0.15, 0.2) is 0 Å². The molecule has 1 aliphatic rings. The fourth-order valence-corrected chi connectivity index (χ4v) is 3.67. The van der Waals surface area contributed by atoms with Crippen LogP contribution in [0.5, 0.6) is 0 Å². The monoisotopic (exact) mass is 341 g/mol. The van der Waals surface area contributed by atoms with E-state index < -0.39 is 0 Å². The van der Waals surface area contributed by atoms with Crippen molar-refractivity contribution >= 4 is 17.7 Å². The molecular weight excluding hydrogens is 318 g/mol. The Balaban J connectivity index is 1.47. The third-order valence-electron chi connectivity index (χ3n) is 4.16. The van der Waals surface area contributed by atoms with Crippen LogP contribution in [-0.4, -0.2) is 52.6 Å². The molecule has 1 aliphatic heterocycles. The predicted molar refractivity (Wildman–Crippen MR) is 97.9 cm³/mol. The van der Waals surface area contributed by atoms with Gasteiger partial charge in [0.25, 0.3) is 0 Å². The van der Waals surface area contributed by atoms with Crippen molar-refractivity contribution in [3.63, 3.8) is 0 Å². The van der Waals surface area contributed by atoms with Crippen molar-refractivity contribution in [2.45, 2.75) is 17.9 Å². The molecule has 0 aliphatic carbocycles. The standard InChI is InChI=1S/C19H23N3OS/c23-19(16-24-18-8-2-1-3-9-18)22-12-6-11-21(13-14-22)15-17-7-4-5-10-20-17/h1-5,7-10H,6,11-16H2. The molecule has 24 heavy (non-hydrogen) atoms. The fourth-order valence-electron chi connectivity index (χ4n) is 2.85. The molecule has 1 aromatic heterocycles. The molecule has 3 rings (SSSR count). The summed E-state index contributed by atoms with van der Waals surface area (Å²) >= 11 is 1.62. The van der Waals surface area contributed by atoms with Gasteiger partial charge in [-0.05, 0) is 30.7 Å². The third-order valence-corrected chi connectivity index (χ3v) is 5.16. The van der Waals surface area contributed by atoms with E-state index in [0.717, 1.165) is 49.7 Å². The van der Waals surface area contributed by atoms with Crippen molar-refractivity contribution in [3.05, 3.63) is 60.4 Å². The predicted octanol–water partition coefficient (Wildman–Crippen LogP) is 2.91. The normalized spacial score (nSPS) is 15.9. The summed E-state index contributed by atoms with van der Waals surface area (Å²) in [5.41, 5.74) is 1.09. The first-order valence-electron chi connectivity index (χ1n) is 8.39. The molecule has 1 aromatic carbocycles. The smallest absolute Gasteiger partial charge is 0.232 e. The van der Waals surface area contributed by atoms with E-state index >= 15 is 0 Å². The minimum absolute atomic E-state index is 0.239. The number of hydrogen-bond donors (Lipinski definition) is 0. The Kier molecular flexibility index (Phi) is 6.26. The van der Waals surface area contributed by atoms with Crippen molar-refractivity contribution in [2.24, 2.45) is 0 Å². The molecule has 126 valence electrons. The van der Waals surface area contributed by atoms with Gasteiger partial charge < -0.3 is 4.90 Å². The Bertz CT molecular complexity index is 636. The fraction of sp³-hybridized carbons (Fsp3) is 0.368. The molecule has 0 saturated carbocycles. The Hall–Kier alpha value is -1.85. The number of thioether (sulfide) groups is 1. The van der Waals surface area contributed by atoms with Crippen LogP contribution in [0.3, 0.4) is 0 Å². The van der Waals surface area contributed by atoms with Crippen molar-refractivity contribution in [3.8, 4) is 0 Å². The van der Waals surface area contributed by atoms with Gasteiger partial charge in [0.2, 0.25) is 5.91 Å². The van der Waals surface area contributed by atoms with Crippen molar-refractivity contribution in [1.82, 2.24) is 14.8 Å². The second-order valence-corrected chi connectivity index (χ2v) is 6.98. The van der Waals surface area contributed by atoms with E-state index in [2.05, 4.69) is 28.1 Å². The summed E-state index contributed by atoms with van der Waals surface area (Å²) in [7, 11) is 0. The first-order valence-corrected chi connectivity index (χ1v) is 9.38. The maximum Gasteiger partial charge on any atom is 0.232 e.